The topological polar surface area (TPSA) is 94.9 Å². The summed E-state index contributed by atoms with van der Waals surface area (Å²) in [5.41, 5.74) is 0. The fraction of sp³-hybridized carbons (Fsp3) is 0.769. The fourth-order valence-corrected chi connectivity index (χ4v) is 1.86. The normalized spacial score (nSPS) is 9.65. The molecule has 0 aromatic rings. The van der Waals surface area contributed by atoms with Gasteiger partial charge in [0.2, 0.25) is 5.91 Å². The maximum absolute atomic E-state index is 10.5. The van der Waals surface area contributed by atoms with Crippen LogP contribution in [-0.4, -0.2) is 51.4 Å². The average molecular weight is 354 g/mol. The van der Waals surface area contributed by atoms with E-state index in [0.717, 1.165) is 24.8 Å². The van der Waals surface area contributed by atoms with Crippen LogP contribution in [0.4, 0.5) is 0 Å². The Bertz CT molecular complexity index is 291. The molecule has 0 spiro atoms. The predicted octanol–water partition coefficient (Wildman–Crippen LogP) is 2.21. The van der Waals surface area contributed by atoms with Crippen molar-refractivity contribution in [2.75, 3.05) is 18.4 Å². The number of alkyl halides is 1. The van der Waals surface area contributed by atoms with E-state index in [9.17, 15) is 14.4 Å². The number of amides is 1. The van der Waals surface area contributed by atoms with Crippen LogP contribution in [0.1, 0.15) is 40.0 Å². The van der Waals surface area contributed by atoms with Crippen LogP contribution in [0.5, 0.6) is 0 Å². The van der Waals surface area contributed by atoms with E-state index in [1.165, 1.54) is 0 Å². The smallest absolute Gasteiger partial charge is 0.317 e. The summed E-state index contributed by atoms with van der Waals surface area (Å²) < 4.78 is 0. The molecular formula is C13H24BrNO5. The molecule has 2 N–H and O–H groups in total. The van der Waals surface area contributed by atoms with Crippen molar-refractivity contribution in [2.45, 2.75) is 40.0 Å². The van der Waals surface area contributed by atoms with Gasteiger partial charge in [-0.25, -0.2) is 0 Å². The van der Waals surface area contributed by atoms with Crippen LogP contribution in [0.2, 0.25) is 0 Å². The molecule has 0 aromatic carbocycles. The van der Waals surface area contributed by atoms with Gasteiger partial charge in [-0.1, -0.05) is 22.4 Å². The molecule has 0 aliphatic heterocycles. The Kier molecular flexibility index (Phi) is 13.7. The third-order valence-corrected chi connectivity index (χ3v) is 3.24. The highest BCUT2D eigenvalue weighted by molar-refractivity contribution is 9.09. The molecule has 0 saturated heterocycles. The Labute approximate surface area is 128 Å². The minimum absolute atomic E-state index is 0.162. The van der Waals surface area contributed by atoms with Gasteiger partial charge in [-0.15, -0.1) is 0 Å². The number of hydrogen-bond donors (Lipinski definition) is 2. The number of carboxylic acid groups (broad SMARTS) is 2. The molecule has 0 atom stereocenters. The SMILES string of the molecule is CCN(CC)C(C)=O.O=C(O)C(CCCCBr)C(=O)O. The maximum Gasteiger partial charge on any atom is 0.317 e. The third kappa shape index (κ3) is 10.8. The van der Waals surface area contributed by atoms with Gasteiger partial charge in [0.15, 0.2) is 5.92 Å². The van der Waals surface area contributed by atoms with Gasteiger partial charge in [0.1, 0.15) is 0 Å². The fourth-order valence-electron chi connectivity index (χ4n) is 1.46. The van der Waals surface area contributed by atoms with E-state index in [0.29, 0.717) is 6.42 Å². The van der Waals surface area contributed by atoms with Crippen LogP contribution < -0.4 is 0 Å². The van der Waals surface area contributed by atoms with Crippen molar-refractivity contribution in [1.29, 1.82) is 0 Å². The molecule has 20 heavy (non-hydrogen) atoms. The van der Waals surface area contributed by atoms with Gasteiger partial charge in [-0.05, 0) is 26.7 Å². The van der Waals surface area contributed by atoms with Gasteiger partial charge in [-0.2, -0.15) is 0 Å². The lowest BCUT2D eigenvalue weighted by atomic mass is 10.0. The number of hydrogen-bond acceptors (Lipinski definition) is 3. The molecular weight excluding hydrogens is 330 g/mol. The lowest BCUT2D eigenvalue weighted by Crippen LogP contribution is -2.27. The Morgan fingerprint density at radius 3 is 1.70 bits per heavy atom. The zero-order valence-electron chi connectivity index (χ0n) is 12.3. The van der Waals surface area contributed by atoms with Gasteiger partial charge in [-0.3, -0.25) is 14.4 Å². The molecule has 0 saturated carbocycles. The van der Waals surface area contributed by atoms with Crippen LogP contribution in [-0.2, 0) is 14.4 Å². The molecule has 0 aliphatic carbocycles. The molecule has 0 rings (SSSR count). The molecule has 0 aliphatic rings. The summed E-state index contributed by atoms with van der Waals surface area (Å²) in [7, 11) is 0. The molecule has 118 valence electrons. The quantitative estimate of drug-likeness (QED) is 0.396. The van der Waals surface area contributed by atoms with Gasteiger partial charge in [0.05, 0.1) is 0 Å². The van der Waals surface area contributed by atoms with Crippen LogP contribution in [0.15, 0.2) is 0 Å². The second kappa shape index (κ2) is 12.9. The molecule has 1 amide bonds. The van der Waals surface area contributed by atoms with Crippen molar-refractivity contribution in [3.63, 3.8) is 0 Å². The second-order valence-corrected chi connectivity index (χ2v) is 4.90. The molecule has 0 aromatic heterocycles. The maximum atomic E-state index is 10.5. The first kappa shape index (κ1) is 21.2. The molecule has 0 fully saturated rings. The first-order valence-electron chi connectivity index (χ1n) is 6.58. The summed E-state index contributed by atoms with van der Waals surface area (Å²) in [6, 6.07) is 0. The minimum atomic E-state index is -1.25. The zero-order valence-corrected chi connectivity index (χ0v) is 13.9. The molecule has 0 heterocycles. The van der Waals surface area contributed by atoms with Crippen molar-refractivity contribution in [2.24, 2.45) is 5.92 Å². The third-order valence-electron chi connectivity index (χ3n) is 2.68. The van der Waals surface area contributed by atoms with Crippen molar-refractivity contribution in [1.82, 2.24) is 4.90 Å². The van der Waals surface area contributed by atoms with E-state index in [4.69, 9.17) is 10.2 Å². The van der Waals surface area contributed by atoms with Gasteiger partial charge >= 0.3 is 11.9 Å². The Balaban J connectivity index is 0. The first-order valence-corrected chi connectivity index (χ1v) is 7.70. The number of carbonyl (C=O) groups excluding carboxylic acids is 1. The van der Waals surface area contributed by atoms with E-state index in [1.807, 2.05) is 13.8 Å². The molecule has 0 radical (unpaired) electrons. The summed E-state index contributed by atoms with van der Waals surface area (Å²) in [4.78, 5) is 33.0. The molecule has 6 nitrogen and oxygen atoms in total. The summed E-state index contributed by atoms with van der Waals surface area (Å²) >= 11 is 3.18. The number of unbranched alkanes of at least 4 members (excludes halogenated alkanes) is 1. The van der Waals surface area contributed by atoms with Crippen molar-refractivity contribution < 1.29 is 24.6 Å². The van der Waals surface area contributed by atoms with E-state index in [2.05, 4.69) is 15.9 Å². The van der Waals surface area contributed by atoms with Crippen molar-refractivity contribution in [3.05, 3.63) is 0 Å². The van der Waals surface area contributed by atoms with Gasteiger partial charge in [0, 0.05) is 25.3 Å². The largest absolute Gasteiger partial charge is 0.481 e. The van der Waals surface area contributed by atoms with Crippen LogP contribution in [0, 0.1) is 5.92 Å². The van der Waals surface area contributed by atoms with Crippen molar-refractivity contribution in [3.8, 4) is 0 Å². The van der Waals surface area contributed by atoms with Crippen molar-refractivity contribution >= 4 is 33.8 Å². The Morgan fingerprint density at radius 2 is 1.50 bits per heavy atom. The van der Waals surface area contributed by atoms with E-state index in [1.54, 1.807) is 11.8 Å². The minimum Gasteiger partial charge on any atom is -0.481 e. The highest BCUT2D eigenvalue weighted by Gasteiger charge is 2.24. The number of carboxylic acids is 2. The zero-order chi connectivity index (χ0) is 16.1. The second-order valence-electron chi connectivity index (χ2n) is 4.11. The lowest BCUT2D eigenvalue weighted by Gasteiger charge is -2.14. The highest BCUT2D eigenvalue weighted by Crippen LogP contribution is 2.09. The Morgan fingerprint density at radius 1 is 1.05 bits per heavy atom. The van der Waals surface area contributed by atoms with Crippen LogP contribution in [0.25, 0.3) is 0 Å². The number of aliphatic carboxylic acids is 2. The van der Waals surface area contributed by atoms with Gasteiger partial charge in [0.25, 0.3) is 0 Å². The van der Waals surface area contributed by atoms with E-state index < -0.39 is 17.9 Å². The van der Waals surface area contributed by atoms with E-state index in [-0.39, 0.29) is 12.3 Å². The number of rotatable bonds is 8. The van der Waals surface area contributed by atoms with Gasteiger partial charge < -0.3 is 15.1 Å². The summed E-state index contributed by atoms with van der Waals surface area (Å²) in [6.07, 6.45) is 1.63. The highest BCUT2D eigenvalue weighted by atomic mass is 79.9. The monoisotopic (exact) mass is 353 g/mol. The number of nitrogens with zero attached hydrogens (tertiary/aromatic N) is 1. The average Bonchev–Trinajstić information content (AvgIpc) is 2.35. The summed E-state index contributed by atoms with van der Waals surface area (Å²) in [5, 5.41) is 17.7. The lowest BCUT2D eigenvalue weighted by molar-refractivity contribution is -0.154. The Hall–Kier alpha value is -1.11. The summed E-state index contributed by atoms with van der Waals surface area (Å²) in [6.45, 7) is 7.19. The number of carbonyl (C=O) groups is 3. The molecule has 0 unspecified atom stereocenters. The molecule has 7 heteroatoms. The van der Waals surface area contributed by atoms with Crippen LogP contribution >= 0.6 is 15.9 Å². The number of halogens is 1. The first-order chi connectivity index (χ1) is 9.31. The predicted molar refractivity (Wildman–Crippen MR) is 80.0 cm³/mol. The van der Waals surface area contributed by atoms with Crippen LogP contribution in [0.3, 0.4) is 0 Å². The standard InChI is InChI=1S/C7H11BrO4.C6H13NO/c8-4-2-1-3-5(6(9)10)7(11)12;1-4-7(5-2)6(3)8/h5H,1-4H2,(H,9,10)(H,11,12);4-5H2,1-3H3. The summed E-state index contributed by atoms with van der Waals surface area (Å²) in [5.74, 6) is -3.59. The van der Waals surface area contributed by atoms with E-state index >= 15 is 0 Å². The molecule has 0 bridgehead atoms.